The first-order chi connectivity index (χ1) is 10.7. The molecule has 1 aromatic rings. The zero-order chi connectivity index (χ0) is 15.4. The van der Waals surface area contributed by atoms with E-state index in [9.17, 15) is 4.79 Å². The highest BCUT2D eigenvalue weighted by atomic mass is 16.5. The van der Waals surface area contributed by atoms with Gasteiger partial charge in [-0.25, -0.2) is 0 Å². The van der Waals surface area contributed by atoms with Crippen molar-refractivity contribution < 1.29 is 14.3 Å². The molecule has 4 nitrogen and oxygen atoms in total. The highest BCUT2D eigenvalue weighted by Gasteiger charge is 2.27. The summed E-state index contributed by atoms with van der Waals surface area (Å²) in [6.07, 6.45) is 4.63. The Labute approximate surface area is 132 Å². The number of hydrogen-bond acceptors (Lipinski definition) is 3. The van der Waals surface area contributed by atoms with Crippen LogP contribution in [0.1, 0.15) is 41.6 Å². The molecule has 120 valence electrons. The second-order valence-corrected chi connectivity index (χ2v) is 6.35. The van der Waals surface area contributed by atoms with E-state index in [0.717, 1.165) is 44.5 Å². The summed E-state index contributed by atoms with van der Waals surface area (Å²) in [6, 6.07) is 7.80. The average Bonchev–Trinajstić information content (AvgIpc) is 3.20. The van der Waals surface area contributed by atoms with Crippen molar-refractivity contribution in [3.05, 3.63) is 35.4 Å². The molecule has 0 spiro atoms. The van der Waals surface area contributed by atoms with Gasteiger partial charge in [0.1, 0.15) is 0 Å². The number of carbonyl (C=O) groups excluding carboxylic acids is 1. The fraction of sp³-hybridized carbons (Fsp3) is 0.611. The van der Waals surface area contributed by atoms with E-state index >= 15 is 0 Å². The highest BCUT2D eigenvalue weighted by Crippen LogP contribution is 2.19. The number of nitrogens with zero attached hydrogens (tertiary/aromatic N) is 1. The third kappa shape index (κ3) is 3.87. The highest BCUT2D eigenvalue weighted by molar-refractivity contribution is 5.94. The van der Waals surface area contributed by atoms with Crippen LogP contribution >= 0.6 is 0 Å². The first-order valence-electron chi connectivity index (χ1n) is 8.31. The summed E-state index contributed by atoms with van der Waals surface area (Å²) in [5.41, 5.74) is 1.92. The van der Waals surface area contributed by atoms with E-state index in [1.807, 2.05) is 36.1 Å². The predicted octanol–water partition coefficient (Wildman–Crippen LogP) is 2.80. The third-order valence-electron chi connectivity index (χ3n) is 4.48. The molecule has 0 aromatic heterocycles. The molecule has 0 unspecified atom stereocenters. The molecule has 2 atom stereocenters. The van der Waals surface area contributed by atoms with Gasteiger partial charge in [-0.1, -0.05) is 17.7 Å². The van der Waals surface area contributed by atoms with Crippen molar-refractivity contribution in [2.24, 2.45) is 0 Å². The topological polar surface area (TPSA) is 38.8 Å². The summed E-state index contributed by atoms with van der Waals surface area (Å²) in [5.74, 6) is 0.0889. The van der Waals surface area contributed by atoms with Crippen molar-refractivity contribution in [3.8, 4) is 0 Å². The predicted molar refractivity (Wildman–Crippen MR) is 85.0 cm³/mol. The molecular weight excluding hydrogens is 278 g/mol. The number of rotatable bonds is 5. The van der Waals surface area contributed by atoms with Crippen LogP contribution in [-0.2, 0) is 9.47 Å². The second-order valence-electron chi connectivity index (χ2n) is 6.35. The number of hydrogen-bond donors (Lipinski definition) is 0. The van der Waals surface area contributed by atoms with Crippen LogP contribution in [0.5, 0.6) is 0 Å². The van der Waals surface area contributed by atoms with Crippen molar-refractivity contribution in [2.75, 3.05) is 26.3 Å². The summed E-state index contributed by atoms with van der Waals surface area (Å²) < 4.78 is 11.4. The van der Waals surface area contributed by atoms with E-state index in [1.165, 1.54) is 5.56 Å². The molecule has 0 bridgehead atoms. The number of aryl methyl sites for hydroxylation is 1. The zero-order valence-corrected chi connectivity index (χ0v) is 13.3. The number of ether oxygens (including phenoxy) is 2. The Morgan fingerprint density at radius 2 is 1.59 bits per heavy atom. The molecule has 2 aliphatic heterocycles. The van der Waals surface area contributed by atoms with Crippen LogP contribution < -0.4 is 0 Å². The summed E-state index contributed by atoms with van der Waals surface area (Å²) in [4.78, 5) is 14.8. The van der Waals surface area contributed by atoms with Gasteiger partial charge in [0.15, 0.2) is 0 Å². The van der Waals surface area contributed by atoms with Crippen LogP contribution in [-0.4, -0.2) is 49.3 Å². The summed E-state index contributed by atoms with van der Waals surface area (Å²) in [6.45, 7) is 5.01. The maximum atomic E-state index is 12.8. The van der Waals surface area contributed by atoms with Gasteiger partial charge in [-0.2, -0.15) is 0 Å². The van der Waals surface area contributed by atoms with Gasteiger partial charge < -0.3 is 14.4 Å². The van der Waals surface area contributed by atoms with Crippen LogP contribution in [0.3, 0.4) is 0 Å². The number of carbonyl (C=O) groups is 1. The maximum absolute atomic E-state index is 12.8. The lowest BCUT2D eigenvalue weighted by molar-refractivity contribution is 0.0307. The molecule has 2 heterocycles. The molecular formula is C18H25NO3. The Kier molecular flexibility index (Phi) is 5.11. The van der Waals surface area contributed by atoms with Crippen LogP contribution in [0.25, 0.3) is 0 Å². The Morgan fingerprint density at radius 3 is 2.05 bits per heavy atom. The van der Waals surface area contributed by atoms with Crippen molar-refractivity contribution in [3.63, 3.8) is 0 Å². The minimum absolute atomic E-state index is 0.0889. The van der Waals surface area contributed by atoms with E-state index in [-0.39, 0.29) is 18.1 Å². The molecule has 4 heteroatoms. The van der Waals surface area contributed by atoms with Gasteiger partial charge in [-0.3, -0.25) is 4.79 Å². The molecule has 2 aliphatic rings. The Morgan fingerprint density at radius 1 is 1.05 bits per heavy atom. The van der Waals surface area contributed by atoms with E-state index in [1.54, 1.807) is 0 Å². The Balaban J connectivity index is 1.70. The van der Waals surface area contributed by atoms with E-state index in [0.29, 0.717) is 13.1 Å². The minimum Gasteiger partial charge on any atom is -0.376 e. The summed E-state index contributed by atoms with van der Waals surface area (Å²) in [5, 5.41) is 0. The quantitative estimate of drug-likeness (QED) is 0.839. The van der Waals surface area contributed by atoms with Gasteiger partial charge in [0.2, 0.25) is 0 Å². The van der Waals surface area contributed by atoms with Gasteiger partial charge >= 0.3 is 0 Å². The van der Waals surface area contributed by atoms with Crippen LogP contribution in [0, 0.1) is 6.92 Å². The van der Waals surface area contributed by atoms with Gasteiger partial charge in [-0.05, 0) is 44.7 Å². The van der Waals surface area contributed by atoms with Gasteiger partial charge in [0, 0.05) is 31.9 Å². The van der Waals surface area contributed by atoms with E-state index in [4.69, 9.17) is 9.47 Å². The standard InChI is InChI=1S/C18H25NO3/c1-14-6-8-15(9-7-14)18(20)19(12-16-4-2-10-21-16)13-17-5-3-11-22-17/h6-9,16-17H,2-5,10-13H2,1H3/t16-,17+. The summed E-state index contributed by atoms with van der Waals surface area (Å²) >= 11 is 0. The normalized spacial score (nSPS) is 24.6. The molecule has 1 amide bonds. The average molecular weight is 303 g/mol. The van der Waals surface area contributed by atoms with Crippen molar-refractivity contribution in [1.82, 2.24) is 4.90 Å². The fourth-order valence-electron chi connectivity index (χ4n) is 3.19. The second kappa shape index (κ2) is 7.25. The molecule has 2 fully saturated rings. The Bertz CT molecular complexity index is 470. The van der Waals surface area contributed by atoms with Gasteiger partial charge in [-0.15, -0.1) is 0 Å². The lowest BCUT2D eigenvalue weighted by atomic mass is 10.1. The number of benzene rings is 1. The molecule has 0 N–H and O–H groups in total. The van der Waals surface area contributed by atoms with E-state index < -0.39 is 0 Å². The molecule has 1 aromatic carbocycles. The smallest absolute Gasteiger partial charge is 0.254 e. The zero-order valence-electron chi connectivity index (χ0n) is 13.3. The van der Waals surface area contributed by atoms with Crippen molar-refractivity contribution >= 4 is 5.91 Å². The SMILES string of the molecule is Cc1ccc(C(=O)N(C[C@H]2CCCO2)C[C@@H]2CCCO2)cc1. The van der Waals surface area contributed by atoms with Crippen LogP contribution in [0.4, 0.5) is 0 Å². The maximum Gasteiger partial charge on any atom is 0.254 e. The monoisotopic (exact) mass is 303 g/mol. The first-order valence-corrected chi connectivity index (χ1v) is 8.31. The fourth-order valence-corrected chi connectivity index (χ4v) is 3.19. The minimum atomic E-state index is 0.0889. The molecule has 3 rings (SSSR count). The molecule has 2 saturated heterocycles. The van der Waals surface area contributed by atoms with Crippen molar-refractivity contribution in [1.29, 1.82) is 0 Å². The van der Waals surface area contributed by atoms with Crippen LogP contribution in [0.15, 0.2) is 24.3 Å². The van der Waals surface area contributed by atoms with Crippen LogP contribution in [0.2, 0.25) is 0 Å². The lowest BCUT2D eigenvalue weighted by Crippen LogP contribution is -2.42. The van der Waals surface area contributed by atoms with E-state index in [2.05, 4.69) is 0 Å². The first kappa shape index (κ1) is 15.5. The Hall–Kier alpha value is -1.39. The molecule has 0 radical (unpaired) electrons. The number of amides is 1. The third-order valence-corrected chi connectivity index (χ3v) is 4.48. The largest absolute Gasteiger partial charge is 0.376 e. The molecule has 22 heavy (non-hydrogen) atoms. The van der Waals surface area contributed by atoms with Gasteiger partial charge in [0.25, 0.3) is 5.91 Å². The van der Waals surface area contributed by atoms with Gasteiger partial charge in [0.05, 0.1) is 12.2 Å². The molecule has 0 saturated carbocycles. The summed E-state index contributed by atoms with van der Waals surface area (Å²) in [7, 11) is 0. The molecule has 0 aliphatic carbocycles. The lowest BCUT2D eigenvalue weighted by Gasteiger charge is -2.28. The van der Waals surface area contributed by atoms with Crippen molar-refractivity contribution in [2.45, 2.75) is 44.8 Å².